The van der Waals surface area contributed by atoms with Gasteiger partial charge in [-0.15, -0.1) is 0 Å². The Morgan fingerprint density at radius 3 is 2.33 bits per heavy atom. The van der Waals surface area contributed by atoms with Crippen LogP contribution >= 0.6 is 15.9 Å². The van der Waals surface area contributed by atoms with E-state index in [4.69, 9.17) is 14.2 Å². The van der Waals surface area contributed by atoms with Crippen molar-refractivity contribution in [2.24, 2.45) is 0 Å². The van der Waals surface area contributed by atoms with Crippen molar-refractivity contribution >= 4 is 21.8 Å². The first-order valence-corrected chi connectivity index (χ1v) is 7.90. The number of benzene rings is 1. The standard InChI is InChI=1S/C15H22BrNO4/c1-5-10(8-9-16)17-15(18)11-6-7-12(19-2)14(21-4)13(11)20-3/h6-7,10H,5,8-9H2,1-4H3,(H,17,18). The smallest absolute Gasteiger partial charge is 0.255 e. The minimum Gasteiger partial charge on any atom is -0.493 e. The molecule has 0 spiro atoms. The highest BCUT2D eigenvalue weighted by atomic mass is 79.9. The van der Waals surface area contributed by atoms with E-state index in [9.17, 15) is 4.79 Å². The zero-order chi connectivity index (χ0) is 15.8. The van der Waals surface area contributed by atoms with Gasteiger partial charge in [0, 0.05) is 11.4 Å². The molecule has 0 radical (unpaired) electrons. The summed E-state index contributed by atoms with van der Waals surface area (Å²) in [6, 6.07) is 3.49. The molecule has 1 atom stereocenters. The van der Waals surface area contributed by atoms with Crippen LogP contribution in [0.5, 0.6) is 17.2 Å². The Kier molecular flexibility index (Phi) is 7.36. The first kappa shape index (κ1) is 17.6. The van der Waals surface area contributed by atoms with E-state index in [0.29, 0.717) is 22.8 Å². The van der Waals surface area contributed by atoms with Crippen LogP contribution in [0, 0.1) is 0 Å². The fourth-order valence-corrected chi connectivity index (χ4v) is 2.61. The molecule has 0 aliphatic rings. The number of carbonyl (C=O) groups excluding carboxylic acids is 1. The van der Waals surface area contributed by atoms with Crippen LogP contribution < -0.4 is 19.5 Å². The van der Waals surface area contributed by atoms with E-state index in [1.54, 1.807) is 19.2 Å². The molecule has 1 aromatic carbocycles. The van der Waals surface area contributed by atoms with Gasteiger partial charge >= 0.3 is 0 Å². The minimum atomic E-state index is -0.180. The Hall–Kier alpha value is -1.43. The molecule has 0 fully saturated rings. The van der Waals surface area contributed by atoms with Gasteiger partial charge in [0.1, 0.15) is 0 Å². The average Bonchev–Trinajstić information content (AvgIpc) is 2.52. The van der Waals surface area contributed by atoms with E-state index in [1.165, 1.54) is 14.2 Å². The fraction of sp³-hybridized carbons (Fsp3) is 0.533. The molecule has 0 aliphatic carbocycles. The summed E-state index contributed by atoms with van der Waals surface area (Å²) in [5, 5.41) is 3.84. The number of ether oxygens (including phenoxy) is 3. The topological polar surface area (TPSA) is 56.8 Å². The molecule has 0 saturated carbocycles. The van der Waals surface area contributed by atoms with Crippen LogP contribution in [0.3, 0.4) is 0 Å². The van der Waals surface area contributed by atoms with E-state index >= 15 is 0 Å². The second-order valence-corrected chi connectivity index (χ2v) is 5.23. The van der Waals surface area contributed by atoms with E-state index in [1.807, 2.05) is 6.92 Å². The molecule has 1 aromatic rings. The van der Waals surface area contributed by atoms with Crippen LogP contribution in [0.2, 0.25) is 0 Å². The van der Waals surface area contributed by atoms with Gasteiger partial charge in [0.2, 0.25) is 5.75 Å². The number of carbonyl (C=O) groups is 1. The Labute approximate surface area is 134 Å². The Morgan fingerprint density at radius 1 is 1.19 bits per heavy atom. The van der Waals surface area contributed by atoms with Gasteiger partial charge in [-0.1, -0.05) is 22.9 Å². The van der Waals surface area contributed by atoms with E-state index in [-0.39, 0.29) is 11.9 Å². The molecule has 0 bridgehead atoms. The summed E-state index contributed by atoms with van der Waals surface area (Å²) in [4.78, 5) is 12.4. The highest BCUT2D eigenvalue weighted by molar-refractivity contribution is 9.09. The molecular weight excluding hydrogens is 338 g/mol. The summed E-state index contributed by atoms with van der Waals surface area (Å²) >= 11 is 3.39. The summed E-state index contributed by atoms with van der Waals surface area (Å²) in [7, 11) is 4.56. The maximum Gasteiger partial charge on any atom is 0.255 e. The lowest BCUT2D eigenvalue weighted by atomic mass is 10.1. The van der Waals surface area contributed by atoms with E-state index < -0.39 is 0 Å². The van der Waals surface area contributed by atoms with Gasteiger partial charge < -0.3 is 19.5 Å². The lowest BCUT2D eigenvalue weighted by Crippen LogP contribution is -2.34. The van der Waals surface area contributed by atoms with Gasteiger partial charge in [0.25, 0.3) is 5.91 Å². The van der Waals surface area contributed by atoms with Gasteiger partial charge in [-0.3, -0.25) is 4.79 Å². The maximum atomic E-state index is 12.4. The molecule has 1 unspecified atom stereocenters. The molecule has 1 rings (SSSR count). The van der Waals surface area contributed by atoms with Crippen molar-refractivity contribution in [1.29, 1.82) is 0 Å². The first-order chi connectivity index (χ1) is 10.1. The molecule has 0 aliphatic heterocycles. The third-order valence-corrected chi connectivity index (χ3v) is 3.69. The molecular formula is C15H22BrNO4. The highest BCUT2D eigenvalue weighted by Crippen LogP contribution is 2.39. The average molecular weight is 360 g/mol. The number of hydrogen-bond acceptors (Lipinski definition) is 4. The summed E-state index contributed by atoms with van der Waals surface area (Å²) in [5.41, 5.74) is 0.433. The van der Waals surface area contributed by atoms with Crippen molar-refractivity contribution in [2.75, 3.05) is 26.7 Å². The molecule has 5 nitrogen and oxygen atoms in total. The lowest BCUT2D eigenvalue weighted by Gasteiger charge is -2.19. The third-order valence-electron chi connectivity index (χ3n) is 3.23. The molecule has 6 heteroatoms. The molecule has 0 aromatic heterocycles. The summed E-state index contributed by atoms with van der Waals surface area (Å²) in [6.07, 6.45) is 1.74. The van der Waals surface area contributed by atoms with Gasteiger partial charge in [-0.25, -0.2) is 0 Å². The highest BCUT2D eigenvalue weighted by Gasteiger charge is 2.21. The van der Waals surface area contributed by atoms with E-state index in [0.717, 1.165) is 18.2 Å². The van der Waals surface area contributed by atoms with Crippen LogP contribution in [0.25, 0.3) is 0 Å². The summed E-state index contributed by atoms with van der Waals surface area (Å²) < 4.78 is 15.8. The third kappa shape index (κ3) is 4.27. The maximum absolute atomic E-state index is 12.4. The predicted molar refractivity (Wildman–Crippen MR) is 86.1 cm³/mol. The molecule has 0 heterocycles. The number of methoxy groups -OCH3 is 3. The monoisotopic (exact) mass is 359 g/mol. The minimum absolute atomic E-state index is 0.120. The van der Waals surface area contributed by atoms with Crippen molar-refractivity contribution in [3.63, 3.8) is 0 Å². The Morgan fingerprint density at radius 2 is 1.86 bits per heavy atom. The number of halogens is 1. The van der Waals surface area contributed by atoms with Crippen LogP contribution in [0.15, 0.2) is 12.1 Å². The van der Waals surface area contributed by atoms with Crippen molar-refractivity contribution in [1.82, 2.24) is 5.32 Å². The van der Waals surface area contributed by atoms with Crippen molar-refractivity contribution in [2.45, 2.75) is 25.8 Å². The zero-order valence-corrected chi connectivity index (χ0v) is 14.5. The van der Waals surface area contributed by atoms with Crippen LogP contribution in [-0.2, 0) is 0 Å². The number of amides is 1. The molecule has 0 saturated heterocycles. The molecule has 118 valence electrons. The van der Waals surface area contributed by atoms with Crippen molar-refractivity contribution < 1.29 is 19.0 Å². The Bertz CT molecular complexity index is 479. The molecule has 1 amide bonds. The lowest BCUT2D eigenvalue weighted by molar-refractivity contribution is 0.0931. The van der Waals surface area contributed by atoms with Crippen molar-refractivity contribution in [3.8, 4) is 17.2 Å². The fourth-order valence-electron chi connectivity index (χ4n) is 2.05. The number of rotatable bonds is 8. The van der Waals surface area contributed by atoms with Crippen molar-refractivity contribution in [3.05, 3.63) is 17.7 Å². The van der Waals surface area contributed by atoms with Gasteiger partial charge in [-0.2, -0.15) is 0 Å². The van der Waals surface area contributed by atoms with Gasteiger partial charge in [0.15, 0.2) is 11.5 Å². The Balaban J connectivity index is 3.09. The normalized spacial score (nSPS) is 11.7. The largest absolute Gasteiger partial charge is 0.493 e. The summed E-state index contributed by atoms with van der Waals surface area (Å²) in [5.74, 6) is 1.14. The number of alkyl halides is 1. The predicted octanol–water partition coefficient (Wildman–Crippen LogP) is 3.01. The molecule has 1 N–H and O–H groups in total. The van der Waals surface area contributed by atoms with E-state index in [2.05, 4.69) is 21.2 Å². The van der Waals surface area contributed by atoms with Gasteiger partial charge in [0.05, 0.1) is 26.9 Å². The number of hydrogen-bond donors (Lipinski definition) is 1. The van der Waals surface area contributed by atoms with Crippen LogP contribution in [0.4, 0.5) is 0 Å². The van der Waals surface area contributed by atoms with Crippen LogP contribution in [-0.4, -0.2) is 38.6 Å². The SMILES string of the molecule is CCC(CCBr)NC(=O)c1ccc(OC)c(OC)c1OC. The second kappa shape index (κ2) is 8.77. The quantitative estimate of drug-likeness (QED) is 0.724. The first-order valence-electron chi connectivity index (χ1n) is 6.78. The summed E-state index contributed by atoms with van der Waals surface area (Å²) in [6.45, 7) is 2.04. The second-order valence-electron chi connectivity index (χ2n) is 4.44. The van der Waals surface area contributed by atoms with Gasteiger partial charge in [-0.05, 0) is 25.0 Å². The number of nitrogens with one attached hydrogen (secondary N) is 1. The molecule has 21 heavy (non-hydrogen) atoms. The van der Waals surface area contributed by atoms with Crippen LogP contribution in [0.1, 0.15) is 30.1 Å². The zero-order valence-electron chi connectivity index (χ0n) is 12.9.